The van der Waals surface area contributed by atoms with Crippen molar-refractivity contribution in [3.8, 4) is 0 Å². The Morgan fingerprint density at radius 2 is 1.95 bits per heavy atom. The van der Waals surface area contributed by atoms with E-state index in [2.05, 4.69) is 10.6 Å². The molecule has 0 bridgehead atoms. The van der Waals surface area contributed by atoms with Crippen molar-refractivity contribution in [1.82, 2.24) is 5.32 Å². The molecule has 1 heterocycles. The number of rotatable bonds is 6. The summed E-state index contributed by atoms with van der Waals surface area (Å²) in [4.78, 5) is 21.9. The molecule has 1 aromatic heterocycles. The SMILES string of the molecule is Cc1occc1C(=O)NCCNc1ccc([N+](=O)[O-])cc1. The molecule has 0 unspecified atom stereocenters. The average Bonchev–Trinajstić information content (AvgIpc) is 2.90. The highest BCUT2D eigenvalue weighted by Gasteiger charge is 2.10. The summed E-state index contributed by atoms with van der Waals surface area (Å²) in [6.45, 7) is 2.67. The molecule has 0 atom stereocenters. The number of amides is 1. The fourth-order valence-electron chi connectivity index (χ4n) is 1.80. The number of non-ortho nitro benzene ring substituents is 1. The number of benzene rings is 1. The van der Waals surface area contributed by atoms with E-state index in [1.807, 2.05) is 0 Å². The van der Waals surface area contributed by atoms with Crippen LogP contribution in [-0.2, 0) is 0 Å². The fraction of sp³-hybridized carbons (Fsp3) is 0.214. The van der Waals surface area contributed by atoms with Gasteiger partial charge in [-0.2, -0.15) is 0 Å². The molecule has 0 spiro atoms. The number of nitrogens with one attached hydrogen (secondary N) is 2. The molecule has 2 N–H and O–H groups in total. The van der Waals surface area contributed by atoms with Gasteiger partial charge in [0.15, 0.2) is 0 Å². The van der Waals surface area contributed by atoms with E-state index in [1.54, 1.807) is 25.1 Å². The van der Waals surface area contributed by atoms with Gasteiger partial charge in [0, 0.05) is 30.9 Å². The molecule has 2 aromatic rings. The minimum absolute atomic E-state index is 0.0456. The van der Waals surface area contributed by atoms with Crippen LogP contribution in [-0.4, -0.2) is 23.9 Å². The number of hydrogen-bond donors (Lipinski definition) is 2. The van der Waals surface area contributed by atoms with Gasteiger partial charge in [0.25, 0.3) is 11.6 Å². The van der Waals surface area contributed by atoms with Gasteiger partial charge in [0.2, 0.25) is 0 Å². The van der Waals surface area contributed by atoms with Crippen LogP contribution in [0.2, 0.25) is 0 Å². The molecule has 0 saturated heterocycles. The Morgan fingerprint density at radius 1 is 1.24 bits per heavy atom. The number of furan rings is 1. The first-order chi connectivity index (χ1) is 10.1. The van der Waals surface area contributed by atoms with Gasteiger partial charge in [-0.05, 0) is 25.1 Å². The number of nitro benzene ring substituents is 1. The second-order valence-corrected chi connectivity index (χ2v) is 4.38. The van der Waals surface area contributed by atoms with Crippen molar-refractivity contribution in [2.45, 2.75) is 6.92 Å². The monoisotopic (exact) mass is 289 g/mol. The highest BCUT2D eigenvalue weighted by atomic mass is 16.6. The van der Waals surface area contributed by atoms with Crippen molar-refractivity contribution in [1.29, 1.82) is 0 Å². The lowest BCUT2D eigenvalue weighted by Crippen LogP contribution is -2.28. The number of hydrogen-bond acceptors (Lipinski definition) is 5. The first-order valence-corrected chi connectivity index (χ1v) is 6.38. The normalized spacial score (nSPS) is 10.1. The summed E-state index contributed by atoms with van der Waals surface area (Å²) >= 11 is 0. The van der Waals surface area contributed by atoms with Crippen LogP contribution in [0.5, 0.6) is 0 Å². The maximum absolute atomic E-state index is 11.8. The van der Waals surface area contributed by atoms with Gasteiger partial charge in [-0.3, -0.25) is 14.9 Å². The Kier molecular flexibility index (Phi) is 4.55. The van der Waals surface area contributed by atoms with Crippen LogP contribution in [0.4, 0.5) is 11.4 Å². The molecule has 2 rings (SSSR count). The number of carbonyl (C=O) groups excluding carboxylic acids is 1. The van der Waals surface area contributed by atoms with Gasteiger partial charge in [0.1, 0.15) is 5.76 Å². The van der Waals surface area contributed by atoms with Gasteiger partial charge < -0.3 is 15.1 Å². The second-order valence-electron chi connectivity index (χ2n) is 4.38. The summed E-state index contributed by atoms with van der Waals surface area (Å²) in [7, 11) is 0. The lowest BCUT2D eigenvalue weighted by atomic mass is 10.2. The number of anilines is 1. The zero-order chi connectivity index (χ0) is 15.2. The van der Waals surface area contributed by atoms with Crippen LogP contribution in [0.1, 0.15) is 16.1 Å². The van der Waals surface area contributed by atoms with E-state index in [-0.39, 0.29) is 11.6 Å². The third-order valence-corrected chi connectivity index (χ3v) is 2.92. The lowest BCUT2D eigenvalue weighted by Gasteiger charge is -2.07. The van der Waals surface area contributed by atoms with Gasteiger partial charge in [-0.15, -0.1) is 0 Å². The highest BCUT2D eigenvalue weighted by molar-refractivity contribution is 5.95. The predicted octanol–water partition coefficient (Wildman–Crippen LogP) is 2.34. The van der Waals surface area contributed by atoms with Crippen molar-refractivity contribution >= 4 is 17.3 Å². The molecule has 21 heavy (non-hydrogen) atoms. The Hall–Kier alpha value is -2.83. The quantitative estimate of drug-likeness (QED) is 0.483. The second kappa shape index (κ2) is 6.56. The highest BCUT2D eigenvalue weighted by Crippen LogP contribution is 2.14. The van der Waals surface area contributed by atoms with Crippen LogP contribution in [0.3, 0.4) is 0 Å². The molecule has 7 heteroatoms. The number of nitrogens with zero attached hydrogens (tertiary/aromatic N) is 1. The molecule has 0 fully saturated rings. The van der Waals surface area contributed by atoms with Crippen molar-refractivity contribution in [3.63, 3.8) is 0 Å². The molecule has 7 nitrogen and oxygen atoms in total. The first-order valence-electron chi connectivity index (χ1n) is 6.38. The maximum Gasteiger partial charge on any atom is 0.269 e. The van der Waals surface area contributed by atoms with Crippen molar-refractivity contribution in [2.75, 3.05) is 18.4 Å². The topological polar surface area (TPSA) is 97.4 Å². The predicted molar refractivity (Wildman–Crippen MR) is 77.4 cm³/mol. The fourth-order valence-corrected chi connectivity index (χ4v) is 1.80. The molecule has 0 aliphatic heterocycles. The molecule has 0 aliphatic carbocycles. The number of carbonyl (C=O) groups is 1. The number of aryl methyl sites for hydroxylation is 1. The third kappa shape index (κ3) is 3.82. The van der Waals surface area contributed by atoms with Gasteiger partial charge in [0.05, 0.1) is 16.7 Å². The molecule has 110 valence electrons. The smallest absolute Gasteiger partial charge is 0.269 e. The molecule has 0 aliphatic rings. The summed E-state index contributed by atoms with van der Waals surface area (Å²) in [5, 5.41) is 16.3. The first kappa shape index (κ1) is 14.6. The zero-order valence-electron chi connectivity index (χ0n) is 11.5. The van der Waals surface area contributed by atoms with Crippen LogP contribution >= 0.6 is 0 Å². The zero-order valence-corrected chi connectivity index (χ0v) is 11.5. The van der Waals surface area contributed by atoms with Crippen molar-refractivity contribution < 1.29 is 14.1 Å². The third-order valence-electron chi connectivity index (χ3n) is 2.92. The van der Waals surface area contributed by atoms with Gasteiger partial charge >= 0.3 is 0 Å². The Labute approximate surface area is 121 Å². The largest absolute Gasteiger partial charge is 0.469 e. The molecule has 0 radical (unpaired) electrons. The summed E-state index contributed by atoms with van der Waals surface area (Å²) in [6, 6.07) is 7.72. The van der Waals surface area contributed by atoms with Crippen LogP contribution < -0.4 is 10.6 Å². The van der Waals surface area contributed by atoms with Crippen molar-refractivity contribution in [2.24, 2.45) is 0 Å². The van der Waals surface area contributed by atoms with Gasteiger partial charge in [-0.25, -0.2) is 0 Å². The van der Waals surface area contributed by atoms with E-state index in [0.717, 1.165) is 5.69 Å². The standard InChI is InChI=1S/C14H15N3O4/c1-10-13(6-9-21-10)14(18)16-8-7-15-11-2-4-12(5-3-11)17(19)20/h2-6,9,15H,7-8H2,1H3,(H,16,18). The average molecular weight is 289 g/mol. The van der Waals surface area contributed by atoms with Crippen molar-refractivity contribution in [3.05, 3.63) is 58.0 Å². The molecule has 1 aromatic carbocycles. The summed E-state index contributed by atoms with van der Waals surface area (Å²) in [6.07, 6.45) is 1.47. The maximum atomic E-state index is 11.8. The molecular weight excluding hydrogens is 274 g/mol. The van der Waals surface area contributed by atoms with E-state index in [1.165, 1.54) is 18.4 Å². The van der Waals surface area contributed by atoms with Crippen LogP contribution in [0.25, 0.3) is 0 Å². The molecular formula is C14H15N3O4. The van der Waals surface area contributed by atoms with Gasteiger partial charge in [-0.1, -0.05) is 0 Å². The Morgan fingerprint density at radius 3 is 2.52 bits per heavy atom. The summed E-state index contributed by atoms with van der Waals surface area (Å²) in [5.41, 5.74) is 1.32. The molecule has 1 amide bonds. The van der Waals surface area contributed by atoms with E-state index in [0.29, 0.717) is 24.4 Å². The van der Waals surface area contributed by atoms with Crippen LogP contribution in [0, 0.1) is 17.0 Å². The van der Waals surface area contributed by atoms with E-state index < -0.39 is 4.92 Å². The number of nitro groups is 1. The summed E-state index contributed by atoms with van der Waals surface area (Å²) in [5.74, 6) is 0.391. The minimum atomic E-state index is -0.447. The molecule has 0 saturated carbocycles. The van der Waals surface area contributed by atoms with E-state index in [4.69, 9.17) is 4.42 Å². The Balaban J connectivity index is 1.76. The van der Waals surface area contributed by atoms with E-state index in [9.17, 15) is 14.9 Å². The minimum Gasteiger partial charge on any atom is -0.469 e. The summed E-state index contributed by atoms with van der Waals surface area (Å²) < 4.78 is 5.06. The van der Waals surface area contributed by atoms with Crippen LogP contribution in [0.15, 0.2) is 41.0 Å². The lowest BCUT2D eigenvalue weighted by molar-refractivity contribution is -0.384. The Bertz CT molecular complexity index is 634. The van der Waals surface area contributed by atoms with E-state index >= 15 is 0 Å².